The van der Waals surface area contributed by atoms with E-state index in [1.807, 2.05) is 12.1 Å². The molecular weight excluding hydrogens is 364 g/mol. The summed E-state index contributed by atoms with van der Waals surface area (Å²) < 4.78 is 16.5. The zero-order valence-corrected chi connectivity index (χ0v) is 16.2. The zero-order valence-electron chi connectivity index (χ0n) is 15.3. The lowest BCUT2D eigenvalue weighted by molar-refractivity contribution is -0.163. The maximum atomic E-state index is 5.94. The van der Waals surface area contributed by atoms with Crippen LogP contribution in [0, 0.1) is 0 Å². The summed E-state index contributed by atoms with van der Waals surface area (Å²) in [6.45, 7) is 4.06. The normalized spacial score (nSPS) is 25.4. The Morgan fingerprint density at radius 2 is 1.67 bits per heavy atom. The van der Waals surface area contributed by atoms with Crippen molar-refractivity contribution in [3.05, 3.63) is 71.8 Å². The summed E-state index contributed by atoms with van der Waals surface area (Å²) in [5.74, 6) is 0.857. The predicted octanol–water partition coefficient (Wildman–Crippen LogP) is 3.46. The second-order valence-corrected chi connectivity index (χ2v) is 6.85. The van der Waals surface area contributed by atoms with Crippen LogP contribution in [0.1, 0.15) is 24.1 Å². The molecule has 144 valence electrons. The fourth-order valence-electron chi connectivity index (χ4n) is 3.58. The molecule has 4 rings (SSSR count). The van der Waals surface area contributed by atoms with Gasteiger partial charge in [0.15, 0.2) is 0 Å². The van der Waals surface area contributed by atoms with E-state index in [1.54, 1.807) is 0 Å². The number of ether oxygens (including phenoxy) is 3. The van der Waals surface area contributed by atoms with Crippen LogP contribution in [0.2, 0.25) is 0 Å². The minimum Gasteiger partial charge on any atom is -0.366 e. The molecule has 0 aromatic heterocycles. The molecule has 1 saturated heterocycles. The van der Waals surface area contributed by atoms with Crippen LogP contribution in [0.5, 0.6) is 0 Å². The number of nitrogens with one attached hydrogen (secondary N) is 1. The molecule has 2 unspecified atom stereocenters. The van der Waals surface area contributed by atoms with Crippen molar-refractivity contribution < 1.29 is 14.2 Å². The van der Waals surface area contributed by atoms with Crippen LogP contribution in [0.3, 0.4) is 0 Å². The van der Waals surface area contributed by atoms with Crippen LogP contribution in [0.4, 0.5) is 0 Å². The van der Waals surface area contributed by atoms with Gasteiger partial charge in [-0.05, 0) is 18.1 Å². The van der Waals surface area contributed by atoms with Gasteiger partial charge in [-0.25, -0.2) is 0 Å². The SMILES string of the molecule is CC1(c2ccccc2)N=C(COC2COCOC2)NC1c1ccccc1.Cl. The van der Waals surface area contributed by atoms with E-state index in [2.05, 4.69) is 60.8 Å². The van der Waals surface area contributed by atoms with E-state index in [0.29, 0.717) is 26.6 Å². The Hall–Kier alpha value is -1.92. The van der Waals surface area contributed by atoms with Gasteiger partial charge in [0, 0.05) is 0 Å². The van der Waals surface area contributed by atoms with Crippen LogP contribution in [0.15, 0.2) is 65.7 Å². The average molecular weight is 389 g/mol. The minimum absolute atomic E-state index is 0. The Balaban J connectivity index is 0.00000210. The minimum atomic E-state index is -0.388. The molecule has 2 aliphatic rings. The van der Waals surface area contributed by atoms with Gasteiger partial charge in [0.2, 0.25) is 0 Å². The summed E-state index contributed by atoms with van der Waals surface area (Å²) in [4.78, 5) is 5.03. The Labute approximate surface area is 166 Å². The average Bonchev–Trinajstić information content (AvgIpc) is 3.06. The third kappa shape index (κ3) is 4.33. The molecule has 0 bridgehead atoms. The van der Waals surface area contributed by atoms with E-state index >= 15 is 0 Å². The molecule has 1 fully saturated rings. The monoisotopic (exact) mass is 388 g/mol. The first kappa shape index (κ1) is 19.8. The number of amidine groups is 1. The molecule has 0 spiro atoms. The van der Waals surface area contributed by atoms with Gasteiger partial charge in [0.05, 0.1) is 19.3 Å². The summed E-state index contributed by atoms with van der Waals surface area (Å²) in [5.41, 5.74) is 2.00. The van der Waals surface area contributed by atoms with Crippen molar-refractivity contribution in [2.45, 2.75) is 24.6 Å². The molecule has 2 heterocycles. The quantitative estimate of drug-likeness (QED) is 0.852. The maximum absolute atomic E-state index is 5.94. The van der Waals surface area contributed by atoms with Gasteiger partial charge in [0.25, 0.3) is 0 Å². The molecule has 6 heteroatoms. The summed E-state index contributed by atoms with van der Waals surface area (Å²) in [7, 11) is 0. The molecule has 2 aliphatic heterocycles. The molecule has 27 heavy (non-hydrogen) atoms. The number of rotatable bonds is 5. The second kappa shape index (κ2) is 8.85. The van der Waals surface area contributed by atoms with E-state index in [4.69, 9.17) is 19.2 Å². The molecule has 2 aromatic carbocycles. The van der Waals surface area contributed by atoms with Crippen molar-refractivity contribution >= 4 is 18.2 Å². The van der Waals surface area contributed by atoms with Gasteiger partial charge in [-0.1, -0.05) is 60.7 Å². The standard InChI is InChI=1S/C21H24N2O3.ClH/c1-21(17-10-6-3-7-11-17)20(16-8-4-2-5-9-16)22-19(23-21)14-26-18-12-24-15-25-13-18;/h2-11,18,20H,12-15H2,1H3,(H,22,23);1H. The summed E-state index contributed by atoms with van der Waals surface area (Å²) in [6.07, 6.45) is -0.0491. The number of hydrogen-bond donors (Lipinski definition) is 1. The number of halogens is 1. The highest BCUT2D eigenvalue weighted by Crippen LogP contribution is 2.41. The van der Waals surface area contributed by atoms with Crippen molar-refractivity contribution in [3.63, 3.8) is 0 Å². The van der Waals surface area contributed by atoms with Crippen molar-refractivity contribution in [3.8, 4) is 0 Å². The molecule has 5 nitrogen and oxygen atoms in total. The predicted molar refractivity (Wildman–Crippen MR) is 107 cm³/mol. The first-order valence-corrected chi connectivity index (χ1v) is 8.98. The van der Waals surface area contributed by atoms with Crippen LogP contribution in [0.25, 0.3) is 0 Å². The van der Waals surface area contributed by atoms with E-state index < -0.39 is 0 Å². The van der Waals surface area contributed by atoms with Crippen molar-refractivity contribution in [2.75, 3.05) is 26.6 Å². The van der Waals surface area contributed by atoms with Crippen LogP contribution >= 0.6 is 12.4 Å². The molecule has 2 atom stereocenters. The molecular formula is C21H25ClN2O3. The second-order valence-electron chi connectivity index (χ2n) is 6.85. The van der Waals surface area contributed by atoms with Gasteiger partial charge in [-0.3, -0.25) is 4.99 Å². The first-order valence-electron chi connectivity index (χ1n) is 8.98. The first-order chi connectivity index (χ1) is 12.8. The fraction of sp³-hybridized carbons (Fsp3) is 0.381. The Morgan fingerprint density at radius 3 is 2.33 bits per heavy atom. The van der Waals surface area contributed by atoms with E-state index in [-0.39, 0.29) is 30.1 Å². The van der Waals surface area contributed by atoms with Gasteiger partial charge in [-0.15, -0.1) is 12.4 Å². The van der Waals surface area contributed by atoms with Crippen molar-refractivity contribution in [1.82, 2.24) is 5.32 Å². The smallest absolute Gasteiger partial charge is 0.146 e. The third-order valence-electron chi connectivity index (χ3n) is 4.96. The van der Waals surface area contributed by atoms with E-state index in [1.165, 1.54) is 11.1 Å². The topological polar surface area (TPSA) is 52.1 Å². The molecule has 0 saturated carbocycles. The number of benzene rings is 2. The lowest BCUT2D eigenvalue weighted by Crippen LogP contribution is -2.36. The van der Waals surface area contributed by atoms with Gasteiger partial charge in [0.1, 0.15) is 30.9 Å². The van der Waals surface area contributed by atoms with Gasteiger partial charge in [-0.2, -0.15) is 0 Å². The maximum Gasteiger partial charge on any atom is 0.146 e. The third-order valence-corrected chi connectivity index (χ3v) is 4.96. The van der Waals surface area contributed by atoms with E-state index in [0.717, 1.165) is 5.84 Å². The summed E-state index contributed by atoms with van der Waals surface area (Å²) in [5, 5.41) is 3.58. The fourth-order valence-corrected chi connectivity index (χ4v) is 3.58. The van der Waals surface area contributed by atoms with Gasteiger partial charge < -0.3 is 19.5 Å². The molecule has 2 aromatic rings. The Bertz CT molecular complexity index is 751. The highest BCUT2D eigenvalue weighted by Gasteiger charge is 2.42. The van der Waals surface area contributed by atoms with Crippen molar-refractivity contribution in [2.24, 2.45) is 4.99 Å². The molecule has 0 aliphatic carbocycles. The lowest BCUT2D eigenvalue weighted by atomic mass is 9.82. The summed E-state index contributed by atoms with van der Waals surface area (Å²) in [6, 6.07) is 20.9. The van der Waals surface area contributed by atoms with Crippen LogP contribution < -0.4 is 5.32 Å². The Kier molecular flexibility index (Phi) is 6.50. The number of aliphatic imine (C=N–C) groups is 1. The van der Waals surface area contributed by atoms with Crippen LogP contribution in [-0.2, 0) is 19.7 Å². The highest BCUT2D eigenvalue weighted by molar-refractivity contribution is 5.86. The zero-order chi connectivity index (χ0) is 17.8. The van der Waals surface area contributed by atoms with E-state index in [9.17, 15) is 0 Å². The summed E-state index contributed by atoms with van der Waals surface area (Å²) >= 11 is 0. The Morgan fingerprint density at radius 1 is 1.04 bits per heavy atom. The molecule has 0 amide bonds. The number of nitrogens with zero attached hydrogens (tertiary/aromatic N) is 1. The van der Waals surface area contributed by atoms with Crippen molar-refractivity contribution in [1.29, 1.82) is 0 Å². The highest BCUT2D eigenvalue weighted by atomic mass is 35.5. The largest absolute Gasteiger partial charge is 0.366 e. The lowest BCUT2D eigenvalue weighted by Gasteiger charge is -2.30. The van der Waals surface area contributed by atoms with Crippen LogP contribution in [-0.4, -0.2) is 38.6 Å². The van der Waals surface area contributed by atoms with Gasteiger partial charge >= 0.3 is 0 Å². The number of hydrogen-bond acceptors (Lipinski definition) is 5. The molecule has 1 N–H and O–H groups in total. The molecule has 0 radical (unpaired) electrons.